The van der Waals surface area contributed by atoms with Crippen LogP contribution in [0.5, 0.6) is 5.75 Å². The van der Waals surface area contributed by atoms with Gasteiger partial charge in [0, 0.05) is 11.6 Å². The second-order valence-electron chi connectivity index (χ2n) is 4.21. The Balaban J connectivity index is 2.37. The number of anilines is 2. The van der Waals surface area contributed by atoms with Gasteiger partial charge in [-0.1, -0.05) is 36.5 Å². The second-order valence-corrected chi connectivity index (χ2v) is 4.98. The van der Waals surface area contributed by atoms with Crippen LogP contribution in [0.3, 0.4) is 0 Å². The van der Waals surface area contributed by atoms with Gasteiger partial charge < -0.3 is 10.1 Å². The lowest BCUT2D eigenvalue weighted by molar-refractivity contribution is 0.415. The van der Waals surface area contributed by atoms with Gasteiger partial charge in [-0.2, -0.15) is 0 Å². The lowest BCUT2D eigenvalue weighted by Gasteiger charge is -2.13. The predicted molar refractivity (Wildman–Crippen MR) is 82.3 cm³/mol. The number of nitrogens with one attached hydrogen (secondary N) is 1. The maximum atomic E-state index is 6.18. The summed E-state index contributed by atoms with van der Waals surface area (Å²) in [5.41, 5.74) is 1.61. The summed E-state index contributed by atoms with van der Waals surface area (Å²) in [6.07, 6.45) is 3.18. The van der Waals surface area contributed by atoms with E-state index in [0.29, 0.717) is 21.7 Å². The van der Waals surface area contributed by atoms with Gasteiger partial charge in [0.1, 0.15) is 23.0 Å². The fourth-order valence-electron chi connectivity index (χ4n) is 1.82. The highest BCUT2D eigenvalue weighted by molar-refractivity contribution is 6.33. The number of rotatable bonds is 5. The molecule has 0 bridgehead atoms. The number of nitrogens with zero attached hydrogens (tertiary/aromatic N) is 2. The van der Waals surface area contributed by atoms with Crippen LogP contribution in [0.4, 0.5) is 11.5 Å². The highest BCUT2D eigenvalue weighted by Crippen LogP contribution is 2.31. The van der Waals surface area contributed by atoms with Gasteiger partial charge in [-0.3, -0.25) is 0 Å². The Labute approximate surface area is 128 Å². The molecule has 1 aromatic heterocycles. The van der Waals surface area contributed by atoms with E-state index in [4.69, 9.17) is 27.9 Å². The zero-order valence-electron chi connectivity index (χ0n) is 11.3. The van der Waals surface area contributed by atoms with E-state index in [1.54, 1.807) is 19.2 Å². The van der Waals surface area contributed by atoms with Crippen molar-refractivity contribution in [1.82, 2.24) is 9.97 Å². The summed E-state index contributed by atoms with van der Waals surface area (Å²) < 4.78 is 5.19. The van der Waals surface area contributed by atoms with Crippen molar-refractivity contribution in [2.45, 2.75) is 19.8 Å². The summed E-state index contributed by atoms with van der Waals surface area (Å²) in [7, 11) is 1.61. The summed E-state index contributed by atoms with van der Waals surface area (Å²) >= 11 is 12.3. The molecule has 20 heavy (non-hydrogen) atoms. The van der Waals surface area contributed by atoms with E-state index in [2.05, 4.69) is 22.2 Å². The van der Waals surface area contributed by atoms with Crippen molar-refractivity contribution < 1.29 is 4.74 Å². The van der Waals surface area contributed by atoms with Crippen LogP contribution in [0, 0.1) is 0 Å². The Morgan fingerprint density at radius 1 is 1.25 bits per heavy atom. The van der Waals surface area contributed by atoms with Gasteiger partial charge >= 0.3 is 0 Å². The first-order valence-corrected chi connectivity index (χ1v) is 7.01. The van der Waals surface area contributed by atoms with E-state index >= 15 is 0 Å². The zero-order valence-corrected chi connectivity index (χ0v) is 12.8. The van der Waals surface area contributed by atoms with E-state index in [9.17, 15) is 0 Å². The van der Waals surface area contributed by atoms with Crippen molar-refractivity contribution in [2.24, 2.45) is 0 Å². The molecular formula is C14H15Cl2N3O. The van der Waals surface area contributed by atoms with Crippen molar-refractivity contribution in [1.29, 1.82) is 0 Å². The zero-order chi connectivity index (χ0) is 14.5. The van der Waals surface area contributed by atoms with Gasteiger partial charge in [0.05, 0.1) is 17.8 Å². The van der Waals surface area contributed by atoms with E-state index in [0.717, 1.165) is 24.1 Å². The smallest absolute Gasteiger partial charge is 0.138 e. The van der Waals surface area contributed by atoms with Gasteiger partial charge in [-0.15, -0.1) is 0 Å². The maximum absolute atomic E-state index is 6.18. The third-order valence-corrected chi connectivity index (χ3v) is 3.47. The molecule has 1 heterocycles. The summed E-state index contributed by atoms with van der Waals surface area (Å²) in [5, 5.41) is 4.24. The lowest BCUT2D eigenvalue weighted by Crippen LogP contribution is -2.02. The Bertz CT molecular complexity index is 605. The third-order valence-electron chi connectivity index (χ3n) is 2.82. The molecule has 106 valence electrons. The molecular weight excluding hydrogens is 297 g/mol. The number of hydrogen-bond donors (Lipinski definition) is 1. The van der Waals surface area contributed by atoms with E-state index in [1.807, 2.05) is 6.07 Å². The molecule has 0 aliphatic rings. The summed E-state index contributed by atoms with van der Waals surface area (Å²) in [6.45, 7) is 2.08. The predicted octanol–water partition coefficient (Wildman–Crippen LogP) is 4.49. The normalized spacial score (nSPS) is 10.4. The molecule has 1 aromatic carbocycles. The van der Waals surface area contributed by atoms with Gasteiger partial charge in [0.2, 0.25) is 0 Å². The first kappa shape index (κ1) is 14.9. The number of aromatic nitrogens is 2. The number of ether oxygens (including phenoxy) is 1. The van der Waals surface area contributed by atoms with Gasteiger partial charge in [-0.05, 0) is 18.6 Å². The molecule has 0 radical (unpaired) electrons. The molecule has 0 unspecified atom stereocenters. The van der Waals surface area contributed by atoms with E-state index in [1.165, 1.54) is 6.33 Å². The summed E-state index contributed by atoms with van der Waals surface area (Å²) in [4.78, 5) is 8.26. The fourth-order valence-corrected chi connectivity index (χ4v) is 2.22. The molecule has 0 fully saturated rings. The molecule has 0 saturated heterocycles. The Hall–Kier alpha value is -1.52. The van der Waals surface area contributed by atoms with Gasteiger partial charge in [0.15, 0.2) is 0 Å². The Morgan fingerprint density at radius 3 is 2.75 bits per heavy atom. The van der Waals surface area contributed by atoms with Crippen LogP contribution in [0.25, 0.3) is 0 Å². The van der Waals surface area contributed by atoms with Crippen LogP contribution in [-0.2, 0) is 6.42 Å². The van der Waals surface area contributed by atoms with Crippen LogP contribution < -0.4 is 10.1 Å². The highest BCUT2D eigenvalue weighted by atomic mass is 35.5. The third kappa shape index (κ3) is 3.32. The molecule has 4 nitrogen and oxygen atoms in total. The molecule has 0 atom stereocenters. The molecule has 0 amide bonds. The Morgan fingerprint density at radius 2 is 2.05 bits per heavy atom. The van der Waals surface area contributed by atoms with Gasteiger partial charge in [0.25, 0.3) is 0 Å². The van der Waals surface area contributed by atoms with Crippen molar-refractivity contribution in [2.75, 3.05) is 12.4 Å². The summed E-state index contributed by atoms with van der Waals surface area (Å²) in [5.74, 6) is 1.39. The van der Waals surface area contributed by atoms with Crippen molar-refractivity contribution >= 4 is 34.7 Å². The van der Waals surface area contributed by atoms with Crippen molar-refractivity contribution in [3.05, 3.63) is 40.3 Å². The quantitative estimate of drug-likeness (QED) is 0.826. The van der Waals surface area contributed by atoms with E-state index < -0.39 is 0 Å². The monoisotopic (exact) mass is 311 g/mol. The van der Waals surface area contributed by atoms with E-state index in [-0.39, 0.29) is 0 Å². The SMILES string of the molecule is CCCc1c(Cl)ncnc1Nc1cc(OC)ccc1Cl. The second kappa shape index (κ2) is 6.77. The van der Waals surface area contributed by atoms with Crippen LogP contribution in [-0.4, -0.2) is 17.1 Å². The molecule has 0 aliphatic heterocycles. The molecule has 1 N–H and O–H groups in total. The molecule has 0 spiro atoms. The van der Waals surface area contributed by atoms with Crippen LogP contribution in [0.1, 0.15) is 18.9 Å². The number of methoxy groups -OCH3 is 1. The average Bonchev–Trinajstić information content (AvgIpc) is 2.45. The standard InChI is InChI=1S/C14H15Cl2N3O/c1-3-4-10-13(16)17-8-18-14(10)19-12-7-9(20-2)5-6-11(12)15/h5-8H,3-4H2,1-2H3,(H,17,18,19). The average molecular weight is 312 g/mol. The topological polar surface area (TPSA) is 47.0 Å². The lowest BCUT2D eigenvalue weighted by atomic mass is 10.2. The van der Waals surface area contributed by atoms with Crippen LogP contribution in [0.15, 0.2) is 24.5 Å². The molecule has 0 saturated carbocycles. The number of halogens is 2. The highest BCUT2D eigenvalue weighted by Gasteiger charge is 2.11. The first-order chi connectivity index (χ1) is 9.65. The van der Waals surface area contributed by atoms with Crippen LogP contribution >= 0.6 is 23.2 Å². The summed E-state index contributed by atoms with van der Waals surface area (Å²) in [6, 6.07) is 5.38. The van der Waals surface area contributed by atoms with Crippen LogP contribution in [0.2, 0.25) is 10.2 Å². The van der Waals surface area contributed by atoms with Crippen molar-refractivity contribution in [3.8, 4) is 5.75 Å². The maximum Gasteiger partial charge on any atom is 0.138 e. The molecule has 6 heteroatoms. The molecule has 0 aliphatic carbocycles. The van der Waals surface area contributed by atoms with Gasteiger partial charge in [-0.25, -0.2) is 9.97 Å². The molecule has 2 aromatic rings. The number of benzene rings is 1. The number of hydrogen-bond acceptors (Lipinski definition) is 4. The fraction of sp³-hybridized carbons (Fsp3) is 0.286. The Kier molecular flexibility index (Phi) is 5.04. The minimum absolute atomic E-state index is 0.461. The first-order valence-electron chi connectivity index (χ1n) is 6.25. The minimum atomic E-state index is 0.461. The largest absolute Gasteiger partial charge is 0.497 e. The minimum Gasteiger partial charge on any atom is -0.497 e. The molecule has 2 rings (SSSR count). The van der Waals surface area contributed by atoms with Crippen molar-refractivity contribution in [3.63, 3.8) is 0 Å².